The van der Waals surface area contributed by atoms with E-state index in [1.165, 1.54) is 0 Å². The van der Waals surface area contributed by atoms with Crippen LogP contribution in [-0.4, -0.2) is 28.3 Å². The molecule has 0 amide bonds. The molecule has 15 heavy (non-hydrogen) atoms. The van der Waals surface area contributed by atoms with Gasteiger partial charge in [0.05, 0.1) is 0 Å². The first kappa shape index (κ1) is 13.5. The van der Waals surface area contributed by atoms with E-state index in [0.29, 0.717) is 0 Å². The Labute approximate surface area is 79.1 Å². The van der Waals surface area contributed by atoms with Crippen LogP contribution in [0, 0.1) is 0 Å². The monoisotopic (exact) mass is 234 g/mol. The number of carbonyl (C=O) groups excluding carboxylic acids is 1. The summed E-state index contributed by atoms with van der Waals surface area (Å²) < 4.78 is 65.3. The second kappa shape index (κ2) is 4.80. The third-order valence-electron chi connectivity index (χ3n) is 0.921. The number of aromatic nitrogens is 2. The molecule has 0 aromatic carbocycles. The summed E-state index contributed by atoms with van der Waals surface area (Å²) in [6, 6.07) is 1.83. The van der Waals surface area contributed by atoms with Gasteiger partial charge in [0.25, 0.3) is 0 Å². The van der Waals surface area contributed by atoms with Crippen molar-refractivity contribution in [2.24, 2.45) is 0 Å². The van der Waals surface area contributed by atoms with Crippen LogP contribution in [0.5, 0.6) is 0 Å². The normalized spacial score (nSPS) is 11.6. The number of alkyl halides is 6. The Morgan fingerprint density at radius 1 is 1.07 bits per heavy atom. The number of nitrogens with zero attached hydrogens (tertiary/aromatic N) is 1. The summed E-state index contributed by atoms with van der Waals surface area (Å²) in [5, 5.41) is 6.21. The van der Waals surface area contributed by atoms with Gasteiger partial charge in [0.15, 0.2) is 0 Å². The SMILES string of the molecule is O=C(C(F)(F)F)C(F)(F)F.c1cn[nH]c1. The molecule has 0 saturated carbocycles. The number of carbonyl (C=O) groups is 1. The Bertz CT molecular complexity index is 254. The van der Waals surface area contributed by atoms with Crippen molar-refractivity contribution in [3.63, 3.8) is 0 Å². The van der Waals surface area contributed by atoms with E-state index in [2.05, 4.69) is 10.2 Å². The molecule has 0 fully saturated rings. The van der Waals surface area contributed by atoms with E-state index < -0.39 is 18.1 Å². The minimum atomic E-state index is -5.82. The number of ketones is 1. The first-order valence-corrected chi connectivity index (χ1v) is 3.28. The number of nitrogens with one attached hydrogen (secondary N) is 1. The van der Waals surface area contributed by atoms with Crippen molar-refractivity contribution < 1.29 is 31.1 Å². The molecule has 9 heteroatoms. The molecule has 0 aliphatic rings. The Kier molecular flexibility index (Phi) is 4.31. The van der Waals surface area contributed by atoms with Crippen LogP contribution < -0.4 is 0 Å². The van der Waals surface area contributed by atoms with Crippen LogP contribution in [0.25, 0.3) is 0 Å². The van der Waals surface area contributed by atoms with Crippen molar-refractivity contribution in [1.82, 2.24) is 10.2 Å². The lowest BCUT2D eigenvalue weighted by Crippen LogP contribution is -2.36. The minimum Gasteiger partial charge on any atom is -0.286 e. The number of rotatable bonds is 0. The summed E-state index contributed by atoms with van der Waals surface area (Å²) in [6.45, 7) is 0. The number of Topliss-reactive ketones (excluding diaryl/α,β-unsaturated/α-hetero) is 1. The molecular formula is C6H4F6N2O. The number of aromatic amines is 1. The van der Waals surface area contributed by atoms with Gasteiger partial charge in [-0.3, -0.25) is 9.89 Å². The zero-order chi connectivity index (χ0) is 12.1. The Hall–Kier alpha value is -1.54. The van der Waals surface area contributed by atoms with Crippen molar-refractivity contribution in [3.8, 4) is 0 Å². The lowest BCUT2D eigenvalue weighted by Gasteiger charge is -2.06. The van der Waals surface area contributed by atoms with Gasteiger partial charge in [-0.25, -0.2) is 0 Å². The molecular weight excluding hydrogens is 230 g/mol. The molecule has 0 atom stereocenters. The second-order valence-corrected chi connectivity index (χ2v) is 2.09. The maximum absolute atomic E-state index is 10.9. The topological polar surface area (TPSA) is 45.8 Å². The summed E-state index contributed by atoms with van der Waals surface area (Å²) in [7, 11) is 0. The molecule has 3 nitrogen and oxygen atoms in total. The van der Waals surface area contributed by atoms with Crippen molar-refractivity contribution in [1.29, 1.82) is 0 Å². The Balaban J connectivity index is 0.000000322. The molecule has 0 aliphatic carbocycles. The fraction of sp³-hybridized carbons (Fsp3) is 0.333. The van der Waals surface area contributed by atoms with Crippen molar-refractivity contribution >= 4 is 5.78 Å². The van der Waals surface area contributed by atoms with E-state index in [-0.39, 0.29) is 0 Å². The molecule has 1 aromatic rings. The standard InChI is InChI=1S/C3F6O.C3H4N2/c4-2(5,6)1(10)3(7,8)9;1-2-4-5-3-1/h;1-3H,(H,4,5). The van der Waals surface area contributed by atoms with Crippen LogP contribution in [0.15, 0.2) is 18.5 Å². The Morgan fingerprint density at radius 3 is 1.60 bits per heavy atom. The lowest BCUT2D eigenvalue weighted by molar-refractivity contribution is -0.217. The largest absolute Gasteiger partial charge is 0.459 e. The van der Waals surface area contributed by atoms with E-state index in [1.54, 1.807) is 12.4 Å². The smallest absolute Gasteiger partial charge is 0.286 e. The number of hydrogen-bond donors (Lipinski definition) is 1. The average Bonchev–Trinajstić information content (AvgIpc) is 2.56. The molecule has 0 saturated heterocycles. The zero-order valence-corrected chi connectivity index (χ0v) is 6.86. The van der Waals surface area contributed by atoms with Gasteiger partial charge in [-0.2, -0.15) is 31.4 Å². The van der Waals surface area contributed by atoms with Gasteiger partial charge >= 0.3 is 18.1 Å². The van der Waals surface area contributed by atoms with Crippen LogP contribution in [0.1, 0.15) is 0 Å². The van der Waals surface area contributed by atoms with E-state index in [9.17, 15) is 31.1 Å². The van der Waals surface area contributed by atoms with Crippen LogP contribution in [-0.2, 0) is 4.79 Å². The second-order valence-electron chi connectivity index (χ2n) is 2.09. The van der Waals surface area contributed by atoms with E-state index in [4.69, 9.17) is 0 Å². The van der Waals surface area contributed by atoms with Crippen molar-refractivity contribution in [3.05, 3.63) is 18.5 Å². The minimum absolute atomic E-state index is 1.69. The predicted octanol–water partition coefficient (Wildman–Crippen LogP) is 2.09. The van der Waals surface area contributed by atoms with Crippen LogP contribution in [0.4, 0.5) is 26.3 Å². The fourth-order valence-electron chi connectivity index (χ4n) is 0.376. The molecule has 1 rings (SSSR count). The molecule has 0 bridgehead atoms. The van der Waals surface area contributed by atoms with Gasteiger partial charge in [0.2, 0.25) is 0 Å². The molecule has 1 N–H and O–H groups in total. The van der Waals surface area contributed by atoms with E-state index in [1.807, 2.05) is 6.07 Å². The van der Waals surface area contributed by atoms with E-state index in [0.717, 1.165) is 0 Å². The summed E-state index contributed by atoms with van der Waals surface area (Å²) in [4.78, 5) is 9.24. The van der Waals surface area contributed by atoms with E-state index >= 15 is 0 Å². The summed E-state index contributed by atoms with van der Waals surface area (Å²) >= 11 is 0. The summed E-state index contributed by atoms with van der Waals surface area (Å²) in [5.74, 6) is -3.68. The Morgan fingerprint density at radius 2 is 1.53 bits per heavy atom. The molecule has 0 aliphatic heterocycles. The highest BCUT2D eigenvalue weighted by atomic mass is 19.4. The average molecular weight is 234 g/mol. The van der Waals surface area contributed by atoms with Crippen LogP contribution >= 0.6 is 0 Å². The van der Waals surface area contributed by atoms with Crippen LogP contribution in [0.3, 0.4) is 0 Å². The molecule has 0 radical (unpaired) electrons. The predicted molar refractivity (Wildman–Crippen MR) is 35.7 cm³/mol. The highest BCUT2D eigenvalue weighted by Crippen LogP contribution is 2.28. The fourth-order valence-corrected chi connectivity index (χ4v) is 0.376. The number of hydrogen-bond acceptors (Lipinski definition) is 2. The first-order valence-electron chi connectivity index (χ1n) is 3.28. The highest BCUT2D eigenvalue weighted by Gasteiger charge is 2.55. The lowest BCUT2D eigenvalue weighted by atomic mass is 10.4. The number of halogens is 6. The highest BCUT2D eigenvalue weighted by molar-refractivity contribution is 5.89. The molecule has 86 valence electrons. The van der Waals surface area contributed by atoms with Crippen molar-refractivity contribution in [2.45, 2.75) is 12.4 Å². The summed E-state index contributed by atoms with van der Waals surface area (Å²) in [5.41, 5.74) is 0. The third-order valence-corrected chi connectivity index (χ3v) is 0.921. The van der Waals surface area contributed by atoms with Crippen molar-refractivity contribution in [2.75, 3.05) is 0 Å². The number of H-pyrrole nitrogens is 1. The van der Waals surface area contributed by atoms with Gasteiger partial charge in [-0.05, 0) is 6.07 Å². The zero-order valence-electron chi connectivity index (χ0n) is 6.86. The molecule has 1 aromatic heterocycles. The molecule has 1 heterocycles. The molecule has 0 unspecified atom stereocenters. The summed E-state index contributed by atoms with van der Waals surface area (Å²) in [6.07, 6.45) is -8.18. The third kappa shape index (κ3) is 5.70. The van der Waals surface area contributed by atoms with Crippen LogP contribution in [0.2, 0.25) is 0 Å². The van der Waals surface area contributed by atoms with Gasteiger partial charge in [0, 0.05) is 12.4 Å². The van der Waals surface area contributed by atoms with Gasteiger partial charge in [-0.1, -0.05) is 0 Å². The van der Waals surface area contributed by atoms with Gasteiger partial charge < -0.3 is 0 Å². The quantitative estimate of drug-likeness (QED) is 0.698. The first-order chi connectivity index (χ1) is 6.65. The van der Waals surface area contributed by atoms with Gasteiger partial charge in [-0.15, -0.1) is 0 Å². The van der Waals surface area contributed by atoms with Gasteiger partial charge in [0.1, 0.15) is 0 Å². The maximum Gasteiger partial charge on any atom is 0.459 e. The maximum atomic E-state index is 10.9. The molecule has 0 spiro atoms.